The Morgan fingerprint density at radius 2 is 2.06 bits per heavy atom. The normalized spacial score (nSPS) is 19.4. The van der Waals surface area contributed by atoms with Gasteiger partial charge in [0.15, 0.2) is 0 Å². The molecule has 5 nitrogen and oxygen atoms in total. The van der Waals surface area contributed by atoms with Crippen molar-refractivity contribution in [2.75, 3.05) is 46.0 Å². The second-order valence-electron chi connectivity index (χ2n) is 3.83. The molecule has 0 aromatic carbocycles. The number of carbonyl (C=O) groups is 1. The van der Waals surface area contributed by atoms with Gasteiger partial charge in [-0.25, -0.2) is 0 Å². The predicted molar refractivity (Wildman–Crippen MR) is 61.4 cm³/mol. The van der Waals surface area contributed by atoms with Crippen molar-refractivity contribution in [3.05, 3.63) is 0 Å². The Labute approximate surface area is 97.1 Å². The summed E-state index contributed by atoms with van der Waals surface area (Å²) in [6, 6.07) is -0.149. The second kappa shape index (κ2) is 7.60. The molecule has 0 amide bonds. The van der Waals surface area contributed by atoms with E-state index >= 15 is 0 Å². The lowest BCUT2D eigenvalue weighted by Gasteiger charge is -2.31. The van der Waals surface area contributed by atoms with Crippen LogP contribution in [0.25, 0.3) is 0 Å². The van der Waals surface area contributed by atoms with Gasteiger partial charge in [0.1, 0.15) is 12.6 Å². The molecule has 1 fully saturated rings. The first kappa shape index (κ1) is 13.4. The first-order valence-electron chi connectivity index (χ1n) is 5.95. The van der Waals surface area contributed by atoms with Gasteiger partial charge in [-0.05, 0) is 13.8 Å². The zero-order valence-electron chi connectivity index (χ0n) is 10.2. The molecule has 16 heavy (non-hydrogen) atoms. The first-order chi connectivity index (χ1) is 7.75. The van der Waals surface area contributed by atoms with E-state index in [-0.39, 0.29) is 12.0 Å². The minimum absolute atomic E-state index is 0.149. The zero-order valence-corrected chi connectivity index (χ0v) is 10.2. The van der Waals surface area contributed by atoms with Crippen LogP contribution in [0, 0.1) is 0 Å². The SMILES string of the molecule is CCOCCOC(=O)C(C)N1CCNCC1. The van der Waals surface area contributed by atoms with Crippen molar-refractivity contribution in [1.29, 1.82) is 0 Å². The molecule has 1 unspecified atom stereocenters. The van der Waals surface area contributed by atoms with Crippen LogP contribution in [0.3, 0.4) is 0 Å². The molecule has 94 valence electrons. The fourth-order valence-electron chi connectivity index (χ4n) is 1.68. The van der Waals surface area contributed by atoms with Crippen molar-refractivity contribution in [3.8, 4) is 0 Å². The number of nitrogens with zero attached hydrogens (tertiary/aromatic N) is 1. The Kier molecular flexibility index (Phi) is 6.37. The van der Waals surface area contributed by atoms with Crippen LogP contribution in [-0.2, 0) is 14.3 Å². The summed E-state index contributed by atoms with van der Waals surface area (Å²) in [6.07, 6.45) is 0. The molecule has 1 rings (SSSR count). The third-order valence-electron chi connectivity index (χ3n) is 2.72. The molecular formula is C11H22N2O3. The first-order valence-corrected chi connectivity index (χ1v) is 5.95. The Morgan fingerprint density at radius 3 is 2.69 bits per heavy atom. The summed E-state index contributed by atoms with van der Waals surface area (Å²) >= 11 is 0. The lowest BCUT2D eigenvalue weighted by Crippen LogP contribution is -2.50. The van der Waals surface area contributed by atoms with Crippen LogP contribution in [0.2, 0.25) is 0 Å². The van der Waals surface area contributed by atoms with Gasteiger partial charge in [-0.1, -0.05) is 0 Å². The highest BCUT2D eigenvalue weighted by atomic mass is 16.6. The Balaban J connectivity index is 2.18. The number of esters is 1. The van der Waals surface area contributed by atoms with Crippen LogP contribution in [-0.4, -0.2) is 62.9 Å². The van der Waals surface area contributed by atoms with Gasteiger partial charge in [-0.15, -0.1) is 0 Å². The highest BCUT2D eigenvalue weighted by Gasteiger charge is 2.23. The molecule has 1 aliphatic rings. The fraction of sp³-hybridized carbons (Fsp3) is 0.909. The van der Waals surface area contributed by atoms with E-state index in [1.165, 1.54) is 0 Å². The molecule has 0 bridgehead atoms. The molecule has 1 heterocycles. The van der Waals surface area contributed by atoms with E-state index in [2.05, 4.69) is 10.2 Å². The Hall–Kier alpha value is -0.650. The average Bonchev–Trinajstić information content (AvgIpc) is 2.34. The average molecular weight is 230 g/mol. The van der Waals surface area contributed by atoms with Gasteiger partial charge in [0.05, 0.1) is 6.61 Å². The van der Waals surface area contributed by atoms with Crippen molar-refractivity contribution in [3.63, 3.8) is 0 Å². The van der Waals surface area contributed by atoms with Crippen LogP contribution < -0.4 is 5.32 Å². The van der Waals surface area contributed by atoms with E-state index in [0.717, 1.165) is 26.2 Å². The van der Waals surface area contributed by atoms with Gasteiger partial charge in [0.25, 0.3) is 0 Å². The van der Waals surface area contributed by atoms with Crippen LogP contribution in [0.4, 0.5) is 0 Å². The summed E-state index contributed by atoms with van der Waals surface area (Å²) in [5.41, 5.74) is 0. The van der Waals surface area contributed by atoms with Crippen molar-refractivity contribution in [2.45, 2.75) is 19.9 Å². The Morgan fingerprint density at radius 1 is 1.38 bits per heavy atom. The maximum atomic E-state index is 11.7. The van der Waals surface area contributed by atoms with Crippen LogP contribution >= 0.6 is 0 Å². The number of nitrogens with one attached hydrogen (secondary N) is 1. The smallest absolute Gasteiger partial charge is 0.323 e. The lowest BCUT2D eigenvalue weighted by molar-refractivity contribution is -0.151. The number of carbonyl (C=O) groups excluding carboxylic acids is 1. The lowest BCUT2D eigenvalue weighted by atomic mass is 10.2. The van der Waals surface area contributed by atoms with E-state index in [1.807, 2.05) is 13.8 Å². The minimum atomic E-state index is -0.151. The maximum Gasteiger partial charge on any atom is 0.323 e. The summed E-state index contributed by atoms with van der Waals surface area (Å²) in [7, 11) is 0. The molecule has 1 atom stereocenters. The summed E-state index contributed by atoms with van der Waals surface area (Å²) in [5.74, 6) is -0.151. The quantitative estimate of drug-likeness (QED) is 0.508. The number of rotatable bonds is 6. The van der Waals surface area contributed by atoms with Crippen LogP contribution in [0.15, 0.2) is 0 Å². The Bertz CT molecular complexity index is 205. The van der Waals surface area contributed by atoms with E-state index in [0.29, 0.717) is 19.8 Å². The van der Waals surface area contributed by atoms with Crippen LogP contribution in [0.1, 0.15) is 13.8 Å². The summed E-state index contributed by atoms with van der Waals surface area (Å²) < 4.78 is 10.2. The number of hydrogen-bond donors (Lipinski definition) is 1. The van der Waals surface area contributed by atoms with Crippen molar-refractivity contribution < 1.29 is 14.3 Å². The third kappa shape index (κ3) is 4.47. The molecule has 0 radical (unpaired) electrons. The molecule has 1 aliphatic heterocycles. The molecular weight excluding hydrogens is 208 g/mol. The largest absolute Gasteiger partial charge is 0.462 e. The molecule has 5 heteroatoms. The zero-order chi connectivity index (χ0) is 11.8. The summed E-state index contributed by atoms with van der Waals surface area (Å²) in [5, 5.41) is 3.25. The second-order valence-corrected chi connectivity index (χ2v) is 3.83. The van der Waals surface area contributed by atoms with E-state index in [4.69, 9.17) is 9.47 Å². The van der Waals surface area contributed by atoms with Gasteiger partial charge in [0, 0.05) is 32.8 Å². The monoisotopic (exact) mass is 230 g/mol. The van der Waals surface area contributed by atoms with Crippen molar-refractivity contribution in [1.82, 2.24) is 10.2 Å². The van der Waals surface area contributed by atoms with Gasteiger partial charge in [-0.2, -0.15) is 0 Å². The molecule has 0 aromatic rings. The minimum Gasteiger partial charge on any atom is -0.462 e. The van der Waals surface area contributed by atoms with Crippen molar-refractivity contribution >= 4 is 5.97 Å². The molecule has 0 aliphatic carbocycles. The molecule has 0 aromatic heterocycles. The van der Waals surface area contributed by atoms with Gasteiger partial charge in [0.2, 0.25) is 0 Å². The molecule has 1 N–H and O–H groups in total. The fourth-order valence-corrected chi connectivity index (χ4v) is 1.68. The van der Waals surface area contributed by atoms with E-state index < -0.39 is 0 Å². The van der Waals surface area contributed by atoms with Crippen LogP contribution in [0.5, 0.6) is 0 Å². The van der Waals surface area contributed by atoms with E-state index in [9.17, 15) is 4.79 Å². The topological polar surface area (TPSA) is 50.8 Å². The molecule has 1 saturated heterocycles. The molecule has 0 saturated carbocycles. The number of ether oxygens (including phenoxy) is 2. The number of hydrogen-bond acceptors (Lipinski definition) is 5. The van der Waals surface area contributed by atoms with Crippen molar-refractivity contribution in [2.24, 2.45) is 0 Å². The molecule has 0 spiro atoms. The summed E-state index contributed by atoms with van der Waals surface area (Å²) in [4.78, 5) is 13.8. The maximum absolute atomic E-state index is 11.7. The standard InChI is InChI=1S/C11H22N2O3/c1-3-15-8-9-16-11(14)10(2)13-6-4-12-5-7-13/h10,12H,3-9H2,1-2H3. The van der Waals surface area contributed by atoms with Gasteiger partial charge >= 0.3 is 5.97 Å². The van der Waals surface area contributed by atoms with E-state index in [1.54, 1.807) is 0 Å². The third-order valence-corrected chi connectivity index (χ3v) is 2.72. The van der Waals surface area contributed by atoms with Gasteiger partial charge < -0.3 is 14.8 Å². The number of piperazine rings is 1. The highest BCUT2D eigenvalue weighted by Crippen LogP contribution is 2.02. The summed E-state index contributed by atoms with van der Waals surface area (Å²) in [6.45, 7) is 9.00. The predicted octanol–water partition coefficient (Wildman–Crippen LogP) is -0.140. The van der Waals surface area contributed by atoms with Gasteiger partial charge in [-0.3, -0.25) is 9.69 Å². The highest BCUT2D eigenvalue weighted by molar-refractivity contribution is 5.75.